The number of anilines is 1. The summed E-state index contributed by atoms with van der Waals surface area (Å²) in [5.74, 6) is 0.368. The van der Waals surface area contributed by atoms with Gasteiger partial charge in [0.2, 0.25) is 0 Å². The largest absolute Gasteiger partial charge is 0.363 e. The van der Waals surface area contributed by atoms with Gasteiger partial charge in [-0.05, 0) is 0 Å². The minimum Gasteiger partial charge on any atom is -0.363 e. The van der Waals surface area contributed by atoms with Gasteiger partial charge < -0.3 is 5.32 Å². The molecule has 0 bridgehead atoms. The van der Waals surface area contributed by atoms with Crippen molar-refractivity contribution in [3.05, 3.63) is 18.6 Å². The lowest BCUT2D eigenvalue weighted by molar-refractivity contribution is 0.163. The van der Waals surface area contributed by atoms with Crippen LogP contribution in [0, 0.1) is 0 Å². The van der Waals surface area contributed by atoms with Gasteiger partial charge in [0.05, 0.1) is 12.7 Å². The summed E-state index contributed by atoms with van der Waals surface area (Å²) in [5, 5.41) is 2.42. The zero-order valence-electron chi connectivity index (χ0n) is 5.67. The third-order valence-corrected chi connectivity index (χ3v) is 1.00. The zero-order valence-corrected chi connectivity index (χ0v) is 5.67. The first kappa shape index (κ1) is 7.84. The summed E-state index contributed by atoms with van der Waals surface area (Å²) in [6, 6.07) is 0. The van der Waals surface area contributed by atoms with E-state index in [4.69, 9.17) is 0 Å². The lowest BCUT2D eigenvalue weighted by atomic mass is 10.6. The minimum atomic E-state index is -2.36. The quantitative estimate of drug-likeness (QED) is 0.718. The molecule has 60 valence electrons. The Morgan fingerprint density at radius 1 is 1.45 bits per heavy atom. The van der Waals surface area contributed by atoms with Gasteiger partial charge in [0.25, 0.3) is 6.43 Å². The maximum absolute atomic E-state index is 11.6. The van der Waals surface area contributed by atoms with Crippen LogP contribution in [0.5, 0.6) is 0 Å². The molecular formula is C6H7F2N3. The summed E-state index contributed by atoms with van der Waals surface area (Å²) in [5.41, 5.74) is 0. The first-order valence-corrected chi connectivity index (χ1v) is 3.07. The van der Waals surface area contributed by atoms with Crippen molar-refractivity contribution in [1.29, 1.82) is 0 Å². The van der Waals surface area contributed by atoms with E-state index in [0.29, 0.717) is 5.82 Å². The van der Waals surface area contributed by atoms with E-state index >= 15 is 0 Å². The number of hydrogen-bond donors (Lipinski definition) is 1. The van der Waals surface area contributed by atoms with E-state index in [1.807, 2.05) is 0 Å². The molecule has 3 nitrogen and oxygen atoms in total. The van der Waals surface area contributed by atoms with E-state index in [1.165, 1.54) is 18.6 Å². The van der Waals surface area contributed by atoms with Gasteiger partial charge in [0.1, 0.15) is 5.82 Å². The fourth-order valence-corrected chi connectivity index (χ4v) is 0.572. The smallest absolute Gasteiger partial charge is 0.255 e. The van der Waals surface area contributed by atoms with Crippen molar-refractivity contribution >= 4 is 5.82 Å². The highest BCUT2D eigenvalue weighted by atomic mass is 19.3. The van der Waals surface area contributed by atoms with Gasteiger partial charge in [0, 0.05) is 12.4 Å². The number of nitrogens with one attached hydrogen (secondary N) is 1. The molecule has 1 heterocycles. The normalized spacial score (nSPS) is 10.1. The van der Waals surface area contributed by atoms with Crippen molar-refractivity contribution in [3.63, 3.8) is 0 Å². The molecule has 1 rings (SSSR count). The summed E-state index contributed by atoms with van der Waals surface area (Å²) in [6.07, 6.45) is 1.95. The highest BCUT2D eigenvalue weighted by molar-refractivity contribution is 5.29. The van der Waals surface area contributed by atoms with Gasteiger partial charge in [-0.2, -0.15) is 0 Å². The second-order valence-corrected chi connectivity index (χ2v) is 1.86. The first-order chi connectivity index (χ1) is 5.29. The standard InChI is InChI=1S/C6H7F2N3/c7-5(8)3-11-6-4-9-1-2-10-6/h1-2,4-5H,3H2,(H,10,11). The minimum absolute atomic E-state index is 0.368. The van der Waals surface area contributed by atoms with Crippen LogP contribution in [0.25, 0.3) is 0 Å². The SMILES string of the molecule is FC(F)CNc1cnccn1. The van der Waals surface area contributed by atoms with Crippen molar-refractivity contribution in [2.45, 2.75) is 6.43 Å². The third kappa shape index (κ3) is 2.88. The van der Waals surface area contributed by atoms with E-state index in [0.717, 1.165) is 0 Å². The second kappa shape index (κ2) is 3.80. The molecule has 11 heavy (non-hydrogen) atoms. The molecule has 0 saturated carbocycles. The Bertz CT molecular complexity index is 202. The van der Waals surface area contributed by atoms with Crippen molar-refractivity contribution in [1.82, 2.24) is 9.97 Å². The molecular weight excluding hydrogens is 152 g/mol. The predicted octanol–water partition coefficient (Wildman–Crippen LogP) is 1.15. The molecule has 1 N–H and O–H groups in total. The number of aromatic nitrogens is 2. The molecule has 0 unspecified atom stereocenters. The number of rotatable bonds is 3. The van der Waals surface area contributed by atoms with Gasteiger partial charge in [-0.15, -0.1) is 0 Å². The van der Waals surface area contributed by atoms with Gasteiger partial charge in [-0.25, -0.2) is 13.8 Å². The predicted molar refractivity (Wildman–Crippen MR) is 36.5 cm³/mol. The maximum Gasteiger partial charge on any atom is 0.255 e. The Balaban J connectivity index is 2.39. The number of hydrogen-bond acceptors (Lipinski definition) is 3. The molecule has 0 fully saturated rings. The van der Waals surface area contributed by atoms with E-state index in [-0.39, 0.29) is 0 Å². The summed E-state index contributed by atoms with van der Waals surface area (Å²) < 4.78 is 23.2. The molecule has 0 radical (unpaired) electrons. The molecule has 0 aliphatic rings. The first-order valence-electron chi connectivity index (χ1n) is 3.07. The fourth-order valence-electron chi connectivity index (χ4n) is 0.572. The monoisotopic (exact) mass is 159 g/mol. The van der Waals surface area contributed by atoms with Gasteiger partial charge in [0.15, 0.2) is 0 Å². The lowest BCUT2D eigenvalue weighted by Crippen LogP contribution is -2.11. The van der Waals surface area contributed by atoms with Gasteiger partial charge >= 0.3 is 0 Å². The van der Waals surface area contributed by atoms with Gasteiger partial charge in [-0.1, -0.05) is 0 Å². The van der Waals surface area contributed by atoms with Crippen LogP contribution in [0.1, 0.15) is 0 Å². The molecule has 5 heteroatoms. The summed E-state index contributed by atoms with van der Waals surface area (Å²) >= 11 is 0. The van der Waals surface area contributed by atoms with Crippen LogP contribution in [0.3, 0.4) is 0 Å². The molecule has 0 amide bonds. The van der Waals surface area contributed by atoms with Crippen molar-refractivity contribution in [2.75, 3.05) is 11.9 Å². The lowest BCUT2D eigenvalue weighted by Gasteiger charge is -2.01. The molecule has 0 spiro atoms. The Kier molecular flexibility index (Phi) is 2.71. The second-order valence-electron chi connectivity index (χ2n) is 1.86. The van der Waals surface area contributed by atoms with E-state index in [9.17, 15) is 8.78 Å². The van der Waals surface area contributed by atoms with Crippen molar-refractivity contribution < 1.29 is 8.78 Å². The molecule has 0 atom stereocenters. The average Bonchev–Trinajstić information content (AvgIpc) is 2.03. The van der Waals surface area contributed by atoms with Crippen LogP contribution in [-0.2, 0) is 0 Å². The molecule has 0 aromatic carbocycles. The van der Waals surface area contributed by atoms with E-state index in [2.05, 4.69) is 15.3 Å². The number of nitrogens with zero attached hydrogens (tertiary/aromatic N) is 2. The van der Waals surface area contributed by atoms with Crippen molar-refractivity contribution in [3.8, 4) is 0 Å². The molecule has 1 aromatic heterocycles. The van der Waals surface area contributed by atoms with Crippen LogP contribution in [0.4, 0.5) is 14.6 Å². The third-order valence-electron chi connectivity index (χ3n) is 1.00. The molecule has 0 aliphatic heterocycles. The van der Waals surface area contributed by atoms with Crippen LogP contribution in [0.2, 0.25) is 0 Å². The Morgan fingerprint density at radius 3 is 2.82 bits per heavy atom. The average molecular weight is 159 g/mol. The summed E-state index contributed by atoms with van der Waals surface area (Å²) in [6.45, 7) is -0.390. The molecule has 1 aromatic rings. The Hall–Kier alpha value is -1.26. The summed E-state index contributed by atoms with van der Waals surface area (Å²) in [4.78, 5) is 7.44. The molecule has 0 aliphatic carbocycles. The van der Waals surface area contributed by atoms with E-state index in [1.54, 1.807) is 0 Å². The van der Waals surface area contributed by atoms with Gasteiger partial charge in [-0.3, -0.25) is 4.98 Å². The highest BCUT2D eigenvalue weighted by Crippen LogP contribution is 1.98. The maximum atomic E-state index is 11.6. The molecule has 0 saturated heterocycles. The van der Waals surface area contributed by atoms with Crippen LogP contribution in [0.15, 0.2) is 18.6 Å². The van der Waals surface area contributed by atoms with Crippen LogP contribution < -0.4 is 5.32 Å². The Morgan fingerprint density at radius 2 is 2.27 bits per heavy atom. The fraction of sp³-hybridized carbons (Fsp3) is 0.333. The zero-order chi connectivity index (χ0) is 8.10. The van der Waals surface area contributed by atoms with Crippen LogP contribution in [-0.4, -0.2) is 22.9 Å². The topological polar surface area (TPSA) is 37.8 Å². The van der Waals surface area contributed by atoms with Crippen LogP contribution >= 0.6 is 0 Å². The Labute approximate surface area is 62.5 Å². The van der Waals surface area contributed by atoms with E-state index < -0.39 is 13.0 Å². The summed E-state index contributed by atoms with van der Waals surface area (Å²) in [7, 11) is 0. The van der Waals surface area contributed by atoms with Crippen molar-refractivity contribution in [2.24, 2.45) is 0 Å². The number of alkyl halides is 2. The number of halogens is 2. The highest BCUT2D eigenvalue weighted by Gasteiger charge is 2.00.